The Morgan fingerprint density at radius 2 is 1.22 bits per heavy atom. The molecule has 0 spiro atoms. The molecule has 2 aliphatic heterocycles. The fraction of sp³-hybridized carbons (Fsp3) is 0.778. The molecule has 0 amide bonds. The van der Waals surface area contributed by atoms with Gasteiger partial charge in [0.2, 0.25) is 0 Å². The number of fused-ring (bicyclic) bond motifs is 5. The van der Waals surface area contributed by atoms with E-state index in [4.69, 9.17) is 51.2 Å². The highest BCUT2D eigenvalue weighted by molar-refractivity contribution is 6.74. The third kappa shape index (κ3) is 15.3. The lowest BCUT2D eigenvalue weighted by Gasteiger charge is -2.60. The van der Waals surface area contributed by atoms with Gasteiger partial charge < -0.3 is 56.3 Å². The first-order valence-electron chi connectivity index (χ1n) is 35.2. The van der Waals surface area contributed by atoms with E-state index in [1.165, 1.54) is 12.5 Å². The molecule has 17 atom stereocenters. The van der Waals surface area contributed by atoms with Crippen LogP contribution in [0.2, 0.25) is 54.4 Å². The second kappa shape index (κ2) is 31.2. The molecule has 6 aliphatic rings. The van der Waals surface area contributed by atoms with Gasteiger partial charge in [0.1, 0.15) is 18.0 Å². The third-order valence-corrected chi connectivity index (χ3v) is 38.0. The molecule has 0 bridgehead atoms. The first-order valence-corrected chi connectivity index (χ1v) is 42.8. The summed E-state index contributed by atoms with van der Waals surface area (Å²) in [6.07, 6.45) is 3.70. The largest absolute Gasteiger partial charge is 0.497 e. The van der Waals surface area contributed by atoms with Crippen molar-refractivity contribution in [3.8, 4) is 5.75 Å². The Labute approximate surface area is 540 Å². The topological polar surface area (TPSA) is 156 Å². The lowest BCUT2D eigenvalue weighted by atomic mass is 9.46. The Balaban J connectivity index is 1.18. The molecular weight excluding hydrogens is 1170 g/mol. The molecule has 17 heteroatoms. The van der Waals surface area contributed by atoms with E-state index >= 15 is 0 Å². The summed E-state index contributed by atoms with van der Waals surface area (Å²) in [5, 5.41) is 14.3. The van der Waals surface area contributed by atoms with Crippen LogP contribution in [0.4, 0.5) is 0 Å². The Hall–Kier alpha value is -2.79. The van der Waals surface area contributed by atoms with Crippen molar-refractivity contribution < 1.29 is 65.9 Å². The van der Waals surface area contributed by atoms with E-state index in [2.05, 4.69) is 133 Å². The van der Waals surface area contributed by atoms with Crippen molar-refractivity contribution in [3.63, 3.8) is 0 Å². The SMILES string of the molecule is CC[Si](CC)(CC)O[C@@H]1[C@@H](OC(=O)c2ccc(OC)cc2)[C@H](O[C@@H]2[C@@H](OC(C)=O)[C@H](O[C@H]3C[C@H]4[C@@H]5CC=C6C[C@@H](OCc7ccccc7)CC[C@]6(C)[C@H]5CC[C@]4(C)[C@@]3(O)[C@H](C)CCCC(C)C)OC[C@@H]2O[Si](CC)(CC)CC)OC[C@H]1O[Si](CC)(CC)CC. The normalized spacial score (nSPS) is 33.6. The fourth-order valence-electron chi connectivity index (χ4n) is 17.5. The molecule has 14 nitrogen and oxygen atoms in total. The Morgan fingerprint density at radius 3 is 1.79 bits per heavy atom. The maximum Gasteiger partial charge on any atom is 0.338 e. The smallest absolute Gasteiger partial charge is 0.338 e. The molecule has 5 fully saturated rings. The molecule has 0 aromatic heterocycles. The molecule has 89 heavy (non-hydrogen) atoms. The number of benzene rings is 2. The van der Waals surface area contributed by atoms with Crippen molar-refractivity contribution >= 4 is 36.9 Å². The summed E-state index contributed by atoms with van der Waals surface area (Å²) in [6, 6.07) is 25.2. The lowest BCUT2D eigenvalue weighted by Crippen LogP contribution is -2.66. The summed E-state index contributed by atoms with van der Waals surface area (Å²) in [5.74, 6) is 0.859. The quantitative estimate of drug-likeness (QED) is 0.0432. The summed E-state index contributed by atoms with van der Waals surface area (Å²) in [6.45, 7) is 33.7. The summed E-state index contributed by atoms with van der Waals surface area (Å²) in [4.78, 5) is 28.8. The number of ether oxygens (including phenoxy) is 8. The summed E-state index contributed by atoms with van der Waals surface area (Å²) in [5.41, 5.74) is 1.37. The van der Waals surface area contributed by atoms with Crippen molar-refractivity contribution in [2.75, 3.05) is 20.3 Å². The zero-order valence-corrected chi connectivity index (χ0v) is 60.7. The molecular formula is C72H118O14Si3. The van der Waals surface area contributed by atoms with Gasteiger partial charge in [-0.3, -0.25) is 4.79 Å². The van der Waals surface area contributed by atoms with Crippen molar-refractivity contribution in [1.29, 1.82) is 0 Å². The van der Waals surface area contributed by atoms with Gasteiger partial charge in [-0.05, 0) is 171 Å². The zero-order valence-electron chi connectivity index (χ0n) is 57.7. The van der Waals surface area contributed by atoms with E-state index in [-0.39, 0.29) is 36.6 Å². The van der Waals surface area contributed by atoms with E-state index in [1.54, 1.807) is 36.9 Å². The molecule has 4 aliphatic carbocycles. The monoisotopic (exact) mass is 1290 g/mol. The first-order chi connectivity index (χ1) is 42.6. The third-order valence-electron chi connectivity index (χ3n) is 24.0. The summed E-state index contributed by atoms with van der Waals surface area (Å²) in [7, 11) is -5.68. The van der Waals surface area contributed by atoms with E-state index in [9.17, 15) is 14.7 Å². The van der Waals surface area contributed by atoms with Crippen molar-refractivity contribution in [3.05, 3.63) is 77.4 Å². The van der Waals surface area contributed by atoms with E-state index in [0.717, 1.165) is 112 Å². The Morgan fingerprint density at radius 1 is 0.663 bits per heavy atom. The number of methoxy groups -OCH3 is 1. The number of allylic oxidation sites excluding steroid dienone is 1. The van der Waals surface area contributed by atoms with Gasteiger partial charge in [0, 0.05) is 12.3 Å². The van der Waals surface area contributed by atoms with Gasteiger partial charge in [0.05, 0.1) is 62.5 Å². The van der Waals surface area contributed by atoms with Crippen molar-refractivity contribution in [2.45, 2.75) is 296 Å². The van der Waals surface area contributed by atoms with Gasteiger partial charge in [-0.2, -0.15) is 0 Å². The molecule has 3 saturated carbocycles. The molecule has 502 valence electrons. The Kier molecular flexibility index (Phi) is 25.2. The van der Waals surface area contributed by atoms with Crippen LogP contribution < -0.4 is 4.74 Å². The highest BCUT2D eigenvalue weighted by Crippen LogP contribution is 2.69. The number of rotatable bonds is 31. The van der Waals surface area contributed by atoms with Crippen molar-refractivity contribution in [2.24, 2.45) is 40.4 Å². The van der Waals surface area contributed by atoms with Crippen LogP contribution in [0.3, 0.4) is 0 Å². The average molecular weight is 1290 g/mol. The molecule has 0 unspecified atom stereocenters. The number of esters is 2. The van der Waals surface area contributed by atoms with E-state index < -0.39 is 103 Å². The number of hydrogen-bond acceptors (Lipinski definition) is 14. The van der Waals surface area contributed by atoms with Gasteiger partial charge in [-0.25, -0.2) is 4.79 Å². The van der Waals surface area contributed by atoms with Gasteiger partial charge in [0.25, 0.3) is 0 Å². The zero-order chi connectivity index (χ0) is 64.5. The first kappa shape index (κ1) is 72.0. The van der Waals surface area contributed by atoms with Gasteiger partial charge >= 0.3 is 11.9 Å². The standard InChI is InChI=1S/C72H118O14Si3/c1-17-87(18-2,19-3)84-60-47-78-68(81-62-45-59-57-39-36-54-44-56(77-46-52-32-27-26-28-33-52)40-42-70(54,14)58(57)41-43-71(59,15)72(62,75)50(12)31-29-30-49(10)11)65(80-51(13)73)63(60)83-69-66(82-67(74)53-34-37-55(76-16)38-35-53)64(86-89(23-7,24-8)25-9)61(48-79-69)85-88(20-4,21-5)22-6/h26-28,32-38,49-50,56-66,68-69,75H,17-25,29-31,39-48H2,1-16H3/t50-,56+,57-,58+,59+,60+,61-,62+,63+,64+,65-,66-,68+,69+,70+,71+,72-/m1/s1. The van der Waals surface area contributed by atoms with Crippen molar-refractivity contribution in [1.82, 2.24) is 0 Å². The minimum atomic E-state index is -2.49. The van der Waals surface area contributed by atoms with E-state index in [1.807, 2.05) is 0 Å². The minimum absolute atomic E-state index is 0.0375. The lowest BCUT2D eigenvalue weighted by molar-refractivity contribution is -0.343. The maximum absolute atomic E-state index is 14.8. The Bertz CT molecular complexity index is 2550. The van der Waals surface area contributed by atoms with Gasteiger partial charge in [0.15, 0.2) is 49.7 Å². The summed E-state index contributed by atoms with van der Waals surface area (Å²) < 4.78 is 77.2. The summed E-state index contributed by atoms with van der Waals surface area (Å²) >= 11 is 0. The van der Waals surface area contributed by atoms with Crippen LogP contribution in [0.25, 0.3) is 0 Å². The number of aliphatic hydroxyl groups is 1. The van der Waals surface area contributed by atoms with Crippen LogP contribution >= 0.6 is 0 Å². The number of carbonyl (C=O) groups excluding carboxylic acids is 2. The van der Waals surface area contributed by atoms with Gasteiger partial charge in [-0.1, -0.05) is 152 Å². The number of hydrogen-bond donors (Lipinski definition) is 1. The van der Waals surface area contributed by atoms with Crippen LogP contribution in [0.15, 0.2) is 66.2 Å². The van der Waals surface area contributed by atoms with Gasteiger partial charge in [-0.15, -0.1) is 0 Å². The minimum Gasteiger partial charge on any atom is -0.497 e. The molecule has 0 radical (unpaired) electrons. The van der Waals surface area contributed by atoms with E-state index in [0.29, 0.717) is 42.1 Å². The average Bonchev–Trinajstić information content (AvgIpc) is 1.60. The molecule has 2 aromatic rings. The van der Waals surface area contributed by atoms with Crippen LogP contribution in [0, 0.1) is 40.4 Å². The molecule has 2 heterocycles. The highest BCUT2D eigenvalue weighted by Gasteiger charge is 2.70. The second-order valence-corrected chi connectivity index (χ2v) is 42.8. The molecule has 2 aromatic carbocycles. The predicted molar refractivity (Wildman–Crippen MR) is 358 cm³/mol. The van der Waals surface area contributed by atoms with Crippen LogP contribution in [-0.2, 0) is 57.8 Å². The molecule has 1 N–H and O–H groups in total. The van der Waals surface area contributed by atoms with Crippen LogP contribution in [0.5, 0.6) is 5.75 Å². The second-order valence-electron chi connectivity index (χ2n) is 28.6. The number of carbonyl (C=O) groups is 2. The fourth-order valence-corrected chi connectivity index (χ4v) is 26.1. The molecule has 2 saturated heterocycles. The van der Waals surface area contributed by atoms with Crippen LogP contribution in [-0.4, -0.2) is 129 Å². The predicted octanol–water partition coefficient (Wildman–Crippen LogP) is 16.2. The maximum atomic E-state index is 14.8. The highest BCUT2D eigenvalue weighted by atomic mass is 28.4. The van der Waals surface area contributed by atoms with Crippen LogP contribution in [0.1, 0.15) is 184 Å². The molecule has 8 rings (SSSR count).